The van der Waals surface area contributed by atoms with E-state index in [0.717, 1.165) is 0 Å². The van der Waals surface area contributed by atoms with Crippen LogP contribution in [0.4, 0.5) is 0 Å². The second kappa shape index (κ2) is 4.28. The van der Waals surface area contributed by atoms with Gasteiger partial charge in [0, 0.05) is 6.20 Å². The summed E-state index contributed by atoms with van der Waals surface area (Å²) in [6, 6.07) is 0. The van der Waals surface area contributed by atoms with Crippen LogP contribution in [0.5, 0.6) is 0 Å². The molecule has 1 heterocycles. The van der Waals surface area contributed by atoms with Crippen molar-refractivity contribution in [1.82, 2.24) is 9.78 Å². The molecule has 0 fully saturated rings. The van der Waals surface area contributed by atoms with Gasteiger partial charge in [-0.15, -0.1) is 0 Å². The molecule has 68 valence electrons. The number of aromatic nitrogens is 2. The highest BCUT2D eigenvalue weighted by Crippen LogP contribution is 2.40. The highest BCUT2D eigenvalue weighted by molar-refractivity contribution is 14.3. The number of rotatable bonds is 2. The molecule has 0 aliphatic heterocycles. The van der Waals surface area contributed by atoms with Crippen LogP contribution in [-0.2, 0) is -0.441 Å². The van der Waals surface area contributed by atoms with Crippen LogP contribution < -0.4 is 0 Å². The lowest BCUT2D eigenvalue weighted by atomic mass is 10.1. The Bertz CT molecular complexity index is 262. The topological polar surface area (TPSA) is 17.8 Å². The van der Waals surface area contributed by atoms with E-state index >= 15 is 0 Å². The summed E-state index contributed by atoms with van der Waals surface area (Å²) in [7, 11) is 0. The average molecular weight is 502 g/mol. The molecule has 0 aromatic carbocycles. The van der Waals surface area contributed by atoms with E-state index in [2.05, 4.69) is 92.9 Å². The van der Waals surface area contributed by atoms with Crippen molar-refractivity contribution in [3.63, 3.8) is 0 Å². The zero-order chi connectivity index (χ0) is 9.35. The van der Waals surface area contributed by atoms with Gasteiger partial charge >= 0.3 is 0 Å². The van der Waals surface area contributed by atoms with Gasteiger partial charge in [0.15, 0.2) is 0 Å². The van der Waals surface area contributed by atoms with Gasteiger partial charge in [-0.2, -0.15) is 5.10 Å². The predicted molar refractivity (Wildman–Crippen MR) is 76.4 cm³/mol. The summed E-state index contributed by atoms with van der Waals surface area (Å²) in [5.41, 5.74) is 1.30. The summed E-state index contributed by atoms with van der Waals surface area (Å²) in [6.45, 7) is 4.35. The Labute approximate surface area is 113 Å². The maximum atomic E-state index is 4.30. The first kappa shape index (κ1) is 11.5. The smallest absolute Gasteiger partial charge is 0.213 e. The second-order valence-electron chi connectivity index (χ2n) is 2.84. The molecule has 1 aromatic rings. The lowest BCUT2D eigenvalue weighted by Crippen LogP contribution is -2.10. The van der Waals surface area contributed by atoms with Crippen LogP contribution in [-0.4, -0.2) is 9.78 Å². The van der Waals surface area contributed by atoms with Crippen LogP contribution in [0.2, 0.25) is 0 Å². The number of nitrogens with zero attached hydrogens (tertiary/aromatic N) is 2. The molecular weight excluding hydrogens is 493 g/mol. The van der Waals surface area contributed by atoms with Crippen molar-refractivity contribution in [2.75, 3.05) is 0 Å². The second-order valence-corrected chi connectivity index (χ2v) is 13.7. The molecule has 0 saturated carbocycles. The van der Waals surface area contributed by atoms with E-state index in [9.17, 15) is 0 Å². The third-order valence-electron chi connectivity index (χ3n) is 1.53. The normalized spacial score (nSPS) is 12.5. The molecule has 0 saturated heterocycles. The Morgan fingerprint density at radius 2 is 2.00 bits per heavy atom. The molecule has 0 N–H and O–H groups in total. The number of hydrogen-bond donors (Lipinski definition) is 0. The molecule has 0 spiro atoms. The molecule has 0 radical (unpaired) electrons. The minimum absolute atomic E-state index is 0.0143. The van der Waals surface area contributed by atoms with E-state index in [1.807, 2.05) is 10.9 Å². The zero-order valence-electron chi connectivity index (χ0n) is 6.76. The molecule has 0 aliphatic rings. The fourth-order valence-electron chi connectivity index (χ4n) is 0.774. The highest BCUT2D eigenvalue weighted by atomic mass is 127. The van der Waals surface area contributed by atoms with Gasteiger partial charge in [-0.05, 0) is 79.3 Å². The first-order valence-electron chi connectivity index (χ1n) is 3.53. The van der Waals surface area contributed by atoms with Crippen molar-refractivity contribution in [2.45, 2.75) is 19.3 Å². The van der Waals surface area contributed by atoms with Gasteiger partial charge in [-0.25, -0.2) is 4.68 Å². The van der Waals surface area contributed by atoms with Crippen molar-refractivity contribution in [3.05, 3.63) is 18.0 Å². The van der Waals surface area contributed by atoms with E-state index in [0.29, 0.717) is 5.92 Å². The van der Waals surface area contributed by atoms with Gasteiger partial charge in [0.2, 0.25) is -0.441 Å². The molecule has 12 heavy (non-hydrogen) atoms. The van der Waals surface area contributed by atoms with Crippen LogP contribution in [0.1, 0.15) is 25.3 Å². The summed E-state index contributed by atoms with van der Waals surface area (Å²) in [5, 5.41) is 4.30. The van der Waals surface area contributed by atoms with Crippen molar-refractivity contribution in [2.24, 2.45) is 0 Å². The number of halogens is 3. The number of alkyl halides is 3. The Kier molecular flexibility index (Phi) is 4.09. The minimum atomic E-state index is 0.0143. The summed E-state index contributed by atoms with van der Waals surface area (Å²) in [6.07, 6.45) is 4.05. The SMILES string of the molecule is CC(C)c1cnn(C(I)(I)I)c1. The standard InChI is InChI=1S/C7H9I3N2/c1-5(2)6-3-11-12(4-6)7(8,9)10/h3-5H,1-2H3. The molecule has 0 aliphatic carbocycles. The molecule has 5 heteroatoms. The van der Waals surface area contributed by atoms with Crippen LogP contribution in [0.3, 0.4) is 0 Å². The summed E-state index contributed by atoms with van der Waals surface area (Å²) in [5.74, 6) is 0.560. The average Bonchev–Trinajstić information content (AvgIpc) is 2.30. The van der Waals surface area contributed by atoms with Crippen molar-refractivity contribution in [1.29, 1.82) is 0 Å². The van der Waals surface area contributed by atoms with Crippen molar-refractivity contribution >= 4 is 67.8 Å². The van der Waals surface area contributed by atoms with E-state index in [1.165, 1.54) is 5.56 Å². The van der Waals surface area contributed by atoms with Gasteiger partial charge in [-0.3, -0.25) is 0 Å². The highest BCUT2D eigenvalue weighted by Gasteiger charge is 2.20. The van der Waals surface area contributed by atoms with Gasteiger partial charge < -0.3 is 0 Å². The molecule has 1 rings (SSSR count). The molecule has 1 aromatic heterocycles. The van der Waals surface area contributed by atoms with Gasteiger partial charge in [0.1, 0.15) is 0 Å². The number of hydrogen-bond acceptors (Lipinski definition) is 1. The lowest BCUT2D eigenvalue weighted by molar-refractivity contribution is 0.753. The van der Waals surface area contributed by atoms with Crippen molar-refractivity contribution in [3.8, 4) is 0 Å². The first-order valence-corrected chi connectivity index (χ1v) is 6.76. The molecule has 0 unspecified atom stereocenters. The Balaban J connectivity index is 2.92. The van der Waals surface area contributed by atoms with Crippen LogP contribution in [0.25, 0.3) is 0 Å². The van der Waals surface area contributed by atoms with Crippen molar-refractivity contribution < 1.29 is 0 Å². The van der Waals surface area contributed by atoms with Gasteiger partial charge in [0.05, 0.1) is 6.20 Å². The van der Waals surface area contributed by atoms with Crippen LogP contribution >= 0.6 is 67.8 Å². The van der Waals surface area contributed by atoms with E-state index < -0.39 is 0 Å². The molecule has 0 atom stereocenters. The molecule has 0 bridgehead atoms. The Hall–Kier alpha value is 1.40. The Morgan fingerprint density at radius 3 is 2.25 bits per heavy atom. The molecule has 0 amide bonds. The van der Waals surface area contributed by atoms with Crippen LogP contribution in [0, 0.1) is 0 Å². The molecule has 2 nitrogen and oxygen atoms in total. The maximum Gasteiger partial charge on any atom is 0.213 e. The predicted octanol–water partition coefficient (Wildman–Crippen LogP) is 3.88. The monoisotopic (exact) mass is 502 g/mol. The van der Waals surface area contributed by atoms with E-state index in [-0.39, 0.29) is -0.441 Å². The third kappa shape index (κ3) is 2.96. The van der Waals surface area contributed by atoms with E-state index in [4.69, 9.17) is 0 Å². The third-order valence-corrected chi connectivity index (χ3v) is 3.01. The minimum Gasteiger partial charge on any atom is -0.237 e. The van der Waals surface area contributed by atoms with Gasteiger partial charge in [0.25, 0.3) is 0 Å². The summed E-state index contributed by atoms with van der Waals surface area (Å²) in [4.78, 5) is 0. The lowest BCUT2D eigenvalue weighted by Gasteiger charge is -2.12. The summed E-state index contributed by atoms with van der Waals surface area (Å²) < 4.78 is 1.99. The maximum absolute atomic E-state index is 4.30. The van der Waals surface area contributed by atoms with E-state index in [1.54, 1.807) is 0 Å². The zero-order valence-corrected chi connectivity index (χ0v) is 13.2. The quantitative estimate of drug-likeness (QED) is 0.444. The summed E-state index contributed by atoms with van der Waals surface area (Å²) >= 11 is 7.06. The fraction of sp³-hybridized carbons (Fsp3) is 0.571. The fourth-order valence-corrected chi connectivity index (χ4v) is 1.57. The van der Waals surface area contributed by atoms with Gasteiger partial charge in [-0.1, -0.05) is 13.8 Å². The van der Waals surface area contributed by atoms with Crippen LogP contribution in [0.15, 0.2) is 12.4 Å². The Morgan fingerprint density at radius 1 is 1.42 bits per heavy atom. The first-order chi connectivity index (χ1) is 5.41. The largest absolute Gasteiger partial charge is 0.237 e. The molecular formula is C7H9I3N2.